The highest BCUT2D eigenvalue weighted by molar-refractivity contribution is 7.27. The number of thiophene rings is 3. The lowest BCUT2D eigenvalue weighted by atomic mass is 10.0. The van der Waals surface area contributed by atoms with Gasteiger partial charge in [-0.15, -0.1) is 34.0 Å². The normalized spacial score (nSPS) is 12.9. The third kappa shape index (κ3) is 7.79. The number of hydrogen-bond acceptors (Lipinski definition) is 10. The van der Waals surface area contributed by atoms with Crippen LogP contribution in [0.5, 0.6) is 5.75 Å². The molecule has 0 aliphatic carbocycles. The zero-order valence-corrected chi connectivity index (χ0v) is 34.3. The van der Waals surface area contributed by atoms with Crippen molar-refractivity contribution in [2.75, 3.05) is 11.5 Å². The number of nitriles is 1. The number of carbonyl (C=O) groups is 3. The number of imidazole rings is 1. The molecular formula is C45H34N4O8S3. The van der Waals surface area contributed by atoms with Gasteiger partial charge in [0.25, 0.3) is 5.56 Å². The number of fused-ring (bicyclic) bond motifs is 2. The largest absolute Gasteiger partial charge is 0.494 e. The van der Waals surface area contributed by atoms with E-state index >= 15 is 0 Å². The summed E-state index contributed by atoms with van der Waals surface area (Å²) in [6.45, 7) is 0.738. The summed E-state index contributed by atoms with van der Waals surface area (Å²) in [5, 5.41) is 38.1. The number of para-hydroxylation sites is 1. The second-order valence-corrected chi connectivity index (χ2v) is 17.0. The number of aryl methyl sites for hydroxylation is 2. The Morgan fingerprint density at radius 2 is 1.33 bits per heavy atom. The Bertz CT molecular complexity index is 3050. The lowest BCUT2D eigenvalue weighted by Gasteiger charge is -2.27. The molecular weight excluding hydrogens is 821 g/mol. The third-order valence-electron chi connectivity index (χ3n) is 9.91. The van der Waals surface area contributed by atoms with Crippen molar-refractivity contribution in [2.45, 2.75) is 32.9 Å². The van der Waals surface area contributed by atoms with Gasteiger partial charge in [0.1, 0.15) is 35.7 Å². The molecule has 0 atom stereocenters. The SMILES string of the molecule is CCOc1ccc(N2c3ccccc3CCc3cc(-c4ccc(-c5ccc(-c6ccc(/C=c7\c(=O)n(CC(=O)O)/c(=C(/C#N)C(=O)O)n7CC(=O)O)s6)s5)s4)ccc32)cc1. The molecule has 3 aromatic carbocycles. The van der Waals surface area contributed by atoms with Crippen molar-refractivity contribution in [1.82, 2.24) is 9.13 Å². The quantitative estimate of drug-likeness (QED) is 0.111. The summed E-state index contributed by atoms with van der Waals surface area (Å²) in [4.78, 5) is 56.9. The lowest BCUT2D eigenvalue weighted by Crippen LogP contribution is -2.37. The maximum atomic E-state index is 13.5. The third-order valence-corrected chi connectivity index (χ3v) is 13.6. The average Bonchev–Trinajstić information content (AvgIpc) is 4.04. The molecule has 0 fully saturated rings. The van der Waals surface area contributed by atoms with Gasteiger partial charge in [-0.25, -0.2) is 4.79 Å². The van der Waals surface area contributed by atoms with E-state index in [-0.39, 0.29) is 5.35 Å². The molecule has 60 heavy (non-hydrogen) atoms. The molecule has 3 N–H and O–H groups in total. The number of carboxylic acids is 3. The maximum absolute atomic E-state index is 13.5. The molecule has 1 aliphatic heterocycles. The van der Waals surface area contributed by atoms with Crippen molar-refractivity contribution in [3.63, 3.8) is 0 Å². The topological polar surface area (TPSA) is 175 Å². The number of carboxylic acid groups (broad SMARTS) is 3. The molecule has 4 aromatic heterocycles. The van der Waals surface area contributed by atoms with Crippen LogP contribution in [0.15, 0.2) is 108 Å². The fraction of sp³-hybridized carbons (Fsp3) is 0.133. The van der Waals surface area contributed by atoms with Crippen LogP contribution in [-0.2, 0) is 40.3 Å². The Morgan fingerprint density at radius 3 is 2.00 bits per heavy atom. The van der Waals surface area contributed by atoms with E-state index in [1.165, 1.54) is 40.3 Å². The number of aromatic nitrogens is 2. The van der Waals surface area contributed by atoms with Crippen molar-refractivity contribution in [3.8, 4) is 41.8 Å². The summed E-state index contributed by atoms with van der Waals surface area (Å²) in [7, 11) is 0. The molecule has 5 heterocycles. The number of benzene rings is 3. The van der Waals surface area contributed by atoms with Crippen molar-refractivity contribution in [1.29, 1.82) is 5.26 Å². The predicted octanol–water partition coefficient (Wildman–Crippen LogP) is 7.56. The van der Waals surface area contributed by atoms with Gasteiger partial charge >= 0.3 is 17.9 Å². The molecule has 0 saturated carbocycles. The van der Waals surface area contributed by atoms with E-state index in [9.17, 15) is 39.8 Å². The van der Waals surface area contributed by atoms with Crippen LogP contribution < -0.4 is 26.0 Å². The van der Waals surface area contributed by atoms with Crippen molar-refractivity contribution in [2.24, 2.45) is 0 Å². The van der Waals surface area contributed by atoms with Gasteiger partial charge in [-0.1, -0.05) is 24.3 Å². The standard InChI is InChI=1S/C45H34N4O8S3/c1-2-57-30-12-10-29(11-13-30)49-33-6-4-3-5-26(33)7-8-27-21-28(9-15-34(27)49)36-17-18-39(59-36)40-20-19-38(60-40)37-16-14-31(58-37)22-35-44(54)48(25-42(52)53)43(32(23-46)45(55)56)47(35)24-41(50)51/h3-6,9-22H,2,7-8,24-25H2,1H3,(H,50,51)(H,52,53)(H,55,56)/b35-22+,43-32-. The molecule has 1 aliphatic rings. The van der Waals surface area contributed by atoms with Crippen LogP contribution in [-0.4, -0.2) is 49.0 Å². The minimum Gasteiger partial charge on any atom is -0.494 e. The van der Waals surface area contributed by atoms with Gasteiger partial charge < -0.3 is 29.5 Å². The minimum atomic E-state index is -1.73. The highest BCUT2D eigenvalue weighted by atomic mass is 32.1. The Kier molecular flexibility index (Phi) is 11.1. The first kappa shape index (κ1) is 39.8. The number of ether oxygens (including phenoxy) is 1. The molecule has 7 aromatic rings. The summed E-state index contributed by atoms with van der Waals surface area (Å²) in [6, 6.07) is 36.9. The molecule has 0 saturated heterocycles. The molecule has 0 spiro atoms. The van der Waals surface area contributed by atoms with Crippen LogP contribution in [0.25, 0.3) is 41.6 Å². The Hall–Kier alpha value is -6.99. The van der Waals surface area contributed by atoms with Crippen molar-refractivity contribution >= 4 is 80.6 Å². The lowest BCUT2D eigenvalue weighted by molar-refractivity contribution is -0.138. The van der Waals surface area contributed by atoms with Crippen LogP contribution in [0.4, 0.5) is 17.1 Å². The molecule has 0 amide bonds. The first-order chi connectivity index (χ1) is 29.0. The Morgan fingerprint density at radius 1 is 0.733 bits per heavy atom. The van der Waals surface area contributed by atoms with Crippen LogP contribution in [0.2, 0.25) is 0 Å². The second kappa shape index (κ2) is 16.7. The van der Waals surface area contributed by atoms with E-state index in [4.69, 9.17) is 4.74 Å². The van der Waals surface area contributed by atoms with Gasteiger partial charge in [-0.2, -0.15) is 5.26 Å². The fourth-order valence-electron chi connectivity index (χ4n) is 7.35. The fourth-order valence-corrected chi connectivity index (χ4v) is 10.5. The molecule has 15 heteroatoms. The number of aliphatic carboxylic acids is 3. The minimum absolute atomic E-state index is 0.264. The summed E-state index contributed by atoms with van der Waals surface area (Å²) in [5.74, 6) is -3.78. The highest BCUT2D eigenvalue weighted by Gasteiger charge is 2.24. The Labute approximate surface area is 354 Å². The summed E-state index contributed by atoms with van der Waals surface area (Å²) in [6.07, 6.45) is 3.20. The van der Waals surface area contributed by atoms with E-state index in [0.29, 0.717) is 16.1 Å². The van der Waals surface area contributed by atoms with E-state index in [1.807, 2.05) is 31.2 Å². The van der Waals surface area contributed by atoms with Gasteiger partial charge in [-0.05, 0) is 121 Å². The van der Waals surface area contributed by atoms with Crippen LogP contribution in [0.1, 0.15) is 22.9 Å². The number of rotatable bonds is 12. The molecule has 0 unspecified atom stereocenters. The van der Waals surface area contributed by atoms with Gasteiger partial charge in [0.15, 0.2) is 5.57 Å². The van der Waals surface area contributed by atoms with Crippen LogP contribution in [0, 0.1) is 11.3 Å². The van der Waals surface area contributed by atoms with Gasteiger partial charge in [0, 0.05) is 46.3 Å². The number of nitrogens with zero attached hydrogens (tertiary/aromatic N) is 4. The van der Waals surface area contributed by atoms with Crippen molar-refractivity contribution < 1.29 is 34.4 Å². The first-order valence-electron chi connectivity index (χ1n) is 18.7. The van der Waals surface area contributed by atoms with Crippen molar-refractivity contribution in [3.05, 3.63) is 140 Å². The summed E-state index contributed by atoms with van der Waals surface area (Å²) >= 11 is 4.63. The second-order valence-electron chi connectivity index (χ2n) is 13.7. The zero-order chi connectivity index (χ0) is 42.1. The van der Waals surface area contributed by atoms with Crippen LogP contribution in [0.3, 0.4) is 0 Å². The van der Waals surface area contributed by atoms with Crippen LogP contribution >= 0.6 is 34.0 Å². The molecule has 8 rings (SSSR count). The number of hydrogen-bond donors (Lipinski definition) is 3. The van der Waals surface area contributed by atoms with Gasteiger partial charge in [0.2, 0.25) is 0 Å². The Balaban J connectivity index is 1.09. The van der Waals surface area contributed by atoms with Gasteiger partial charge in [-0.3, -0.25) is 19.0 Å². The van der Waals surface area contributed by atoms with Gasteiger partial charge in [0.05, 0.1) is 6.61 Å². The van der Waals surface area contributed by atoms with E-state index in [1.54, 1.807) is 28.7 Å². The maximum Gasteiger partial charge on any atom is 0.350 e. The first-order valence-corrected chi connectivity index (χ1v) is 21.1. The average molecular weight is 855 g/mol. The summed E-state index contributed by atoms with van der Waals surface area (Å²) < 4.78 is 7.18. The molecule has 0 radical (unpaired) electrons. The number of anilines is 3. The predicted molar refractivity (Wildman–Crippen MR) is 233 cm³/mol. The van der Waals surface area contributed by atoms with E-state index < -0.39 is 47.6 Å². The van der Waals surface area contributed by atoms with E-state index in [0.717, 1.165) is 64.5 Å². The highest BCUT2D eigenvalue weighted by Crippen LogP contribution is 2.45. The smallest absolute Gasteiger partial charge is 0.350 e. The van der Waals surface area contributed by atoms with E-state index in [2.05, 4.69) is 77.7 Å². The molecule has 12 nitrogen and oxygen atoms in total. The summed E-state index contributed by atoms with van der Waals surface area (Å²) in [5.41, 5.74) is 4.56. The molecule has 0 bridgehead atoms. The molecule has 300 valence electrons. The monoisotopic (exact) mass is 854 g/mol. The zero-order valence-electron chi connectivity index (χ0n) is 31.8.